The van der Waals surface area contributed by atoms with Gasteiger partial charge in [0.15, 0.2) is 11.5 Å². The second-order valence-corrected chi connectivity index (χ2v) is 8.54. The molecule has 1 saturated heterocycles. The van der Waals surface area contributed by atoms with Gasteiger partial charge in [-0.25, -0.2) is 0 Å². The monoisotopic (exact) mass is 484 g/mol. The molecule has 4 rings (SSSR count). The van der Waals surface area contributed by atoms with Gasteiger partial charge in [-0.2, -0.15) is 13.2 Å². The minimum atomic E-state index is -4.44. The zero-order valence-corrected chi connectivity index (χ0v) is 19.9. The summed E-state index contributed by atoms with van der Waals surface area (Å²) in [5.74, 6) is 1.10. The molecule has 35 heavy (non-hydrogen) atoms. The van der Waals surface area contributed by atoms with Crippen LogP contribution in [0.5, 0.6) is 11.5 Å². The molecule has 0 aliphatic carbocycles. The fourth-order valence-corrected chi connectivity index (χ4v) is 4.52. The highest BCUT2D eigenvalue weighted by Gasteiger charge is 2.37. The number of nitrogens with zero attached hydrogens (tertiary/aromatic N) is 1. The zero-order valence-electron chi connectivity index (χ0n) is 19.9. The van der Waals surface area contributed by atoms with Crippen molar-refractivity contribution in [3.05, 3.63) is 95.1 Å². The molecule has 4 nitrogen and oxygen atoms in total. The average Bonchev–Trinajstić information content (AvgIpc) is 3.14. The summed E-state index contributed by atoms with van der Waals surface area (Å²) >= 11 is 0. The Bertz CT molecular complexity index is 1080. The predicted molar refractivity (Wildman–Crippen MR) is 131 cm³/mol. The Morgan fingerprint density at radius 3 is 2.43 bits per heavy atom. The third-order valence-corrected chi connectivity index (χ3v) is 6.12. The molecule has 0 spiro atoms. The molecule has 1 fully saturated rings. The molecular formula is C28H31F3N2O2. The van der Waals surface area contributed by atoms with Crippen LogP contribution < -0.4 is 14.8 Å². The molecule has 1 aliphatic heterocycles. The van der Waals surface area contributed by atoms with Crippen molar-refractivity contribution in [1.29, 1.82) is 0 Å². The smallest absolute Gasteiger partial charge is 0.416 e. The van der Waals surface area contributed by atoms with Crippen molar-refractivity contribution in [2.24, 2.45) is 0 Å². The number of alkyl halides is 3. The van der Waals surface area contributed by atoms with E-state index in [0.29, 0.717) is 37.8 Å². The van der Waals surface area contributed by atoms with Crippen molar-refractivity contribution in [2.45, 2.75) is 32.2 Å². The van der Waals surface area contributed by atoms with E-state index in [1.54, 1.807) is 12.1 Å². The summed E-state index contributed by atoms with van der Waals surface area (Å²) in [6.07, 6.45) is -3.58. The van der Waals surface area contributed by atoms with Gasteiger partial charge in [0.1, 0.15) is 6.61 Å². The molecule has 1 aliphatic rings. The molecule has 0 saturated carbocycles. The summed E-state index contributed by atoms with van der Waals surface area (Å²) in [6.45, 7) is 5.58. The van der Waals surface area contributed by atoms with Gasteiger partial charge in [0.2, 0.25) is 0 Å². The summed E-state index contributed by atoms with van der Waals surface area (Å²) in [4.78, 5) is 2.13. The third kappa shape index (κ3) is 6.35. The van der Waals surface area contributed by atoms with Crippen LogP contribution in [0.4, 0.5) is 13.2 Å². The van der Waals surface area contributed by atoms with Crippen LogP contribution in [0, 0.1) is 0 Å². The molecule has 3 aromatic carbocycles. The lowest BCUT2D eigenvalue weighted by Gasteiger charge is -2.33. The second kappa shape index (κ2) is 11.6. The summed E-state index contributed by atoms with van der Waals surface area (Å²) in [5.41, 5.74) is 1.42. The normalized spacial score (nSPS) is 15.9. The van der Waals surface area contributed by atoms with Crippen molar-refractivity contribution >= 4 is 0 Å². The van der Waals surface area contributed by atoms with E-state index in [0.717, 1.165) is 30.6 Å². The number of hydrogen-bond acceptors (Lipinski definition) is 4. The van der Waals surface area contributed by atoms with Crippen molar-refractivity contribution in [1.82, 2.24) is 10.2 Å². The van der Waals surface area contributed by atoms with Gasteiger partial charge >= 0.3 is 6.18 Å². The Balaban J connectivity index is 1.73. The number of rotatable bonds is 8. The van der Waals surface area contributed by atoms with Gasteiger partial charge in [0.05, 0.1) is 18.2 Å². The minimum Gasteiger partial charge on any atom is -0.490 e. The zero-order chi connectivity index (χ0) is 24.7. The first-order valence-electron chi connectivity index (χ1n) is 12.0. The van der Waals surface area contributed by atoms with E-state index in [-0.39, 0.29) is 5.56 Å². The van der Waals surface area contributed by atoms with Crippen LogP contribution in [0.3, 0.4) is 0 Å². The highest BCUT2D eigenvalue weighted by molar-refractivity contribution is 5.47. The Morgan fingerprint density at radius 2 is 1.66 bits per heavy atom. The topological polar surface area (TPSA) is 33.7 Å². The SMILES string of the molecule is CCOc1cc(C(c2ccccc2C(F)(F)F)N2CCCNCC2)ccc1OCc1ccccc1. The summed E-state index contributed by atoms with van der Waals surface area (Å²) in [5, 5.41) is 3.34. The first kappa shape index (κ1) is 25.1. The van der Waals surface area contributed by atoms with Crippen LogP contribution in [0.25, 0.3) is 0 Å². The molecule has 0 amide bonds. The summed E-state index contributed by atoms with van der Waals surface area (Å²) in [7, 11) is 0. The number of ether oxygens (including phenoxy) is 2. The van der Waals surface area contributed by atoms with Gasteiger partial charge in [-0.15, -0.1) is 0 Å². The van der Waals surface area contributed by atoms with E-state index in [4.69, 9.17) is 9.47 Å². The maximum Gasteiger partial charge on any atom is 0.416 e. The molecule has 1 N–H and O–H groups in total. The fourth-order valence-electron chi connectivity index (χ4n) is 4.52. The van der Waals surface area contributed by atoms with Crippen molar-refractivity contribution < 1.29 is 22.6 Å². The fraction of sp³-hybridized carbons (Fsp3) is 0.357. The average molecular weight is 485 g/mol. The molecule has 3 aromatic rings. The summed E-state index contributed by atoms with van der Waals surface area (Å²) < 4.78 is 54.0. The van der Waals surface area contributed by atoms with Crippen LogP contribution in [-0.2, 0) is 12.8 Å². The Kier molecular flexibility index (Phi) is 8.31. The molecule has 186 valence electrons. The molecule has 1 heterocycles. The first-order valence-corrected chi connectivity index (χ1v) is 12.0. The van der Waals surface area contributed by atoms with Crippen molar-refractivity contribution in [3.8, 4) is 11.5 Å². The maximum absolute atomic E-state index is 14.0. The van der Waals surface area contributed by atoms with Gasteiger partial charge in [0, 0.05) is 19.6 Å². The number of hydrogen-bond donors (Lipinski definition) is 1. The number of nitrogens with one attached hydrogen (secondary N) is 1. The van der Waals surface area contributed by atoms with Crippen molar-refractivity contribution in [3.63, 3.8) is 0 Å². The van der Waals surface area contributed by atoms with Crippen LogP contribution in [0.2, 0.25) is 0 Å². The largest absolute Gasteiger partial charge is 0.490 e. The minimum absolute atomic E-state index is 0.252. The van der Waals surface area contributed by atoms with E-state index in [1.807, 2.05) is 55.5 Å². The maximum atomic E-state index is 14.0. The van der Waals surface area contributed by atoms with Gasteiger partial charge in [-0.1, -0.05) is 54.6 Å². The van der Waals surface area contributed by atoms with Crippen LogP contribution >= 0.6 is 0 Å². The van der Waals surface area contributed by atoms with Gasteiger partial charge < -0.3 is 14.8 Å². The van der Waals surface area contributed by atoms with Gasteiger partial charge in [-0.05, 0) is 54.8 Å². The quantitative estimate of drug-likeness (QED) is 0.421. The Morgan fingerprint density at radius 1 is 0.886 bits per heavy atom. The number of benzene rings is 3. The van der Waals surface area contributed by atoms with Crippen LogP contribution in [0.1, 0.15) is 41.6 Å². The van der Waals surface area contributed by atoms with E-state index in [1.165, 1.54) is 12.1 Å². The van der Waals surface area contributed by atoms with E-state index in [9.17, 15) is 13.2 Å². The van der Waals surface area contributed by atoms with E-state index >= 15 is 0 Å². The molecule has 0 aromatic heterocycles. The first-order chi connectivity index (χ1) is 17.0. The van der Waals surface area contributed by atoms with Crippen LogP contribution in [0.15, 0.2) is 72.8 Å². The molecule has 1 atom stereocenters. The van der Waals surface area contributed by atoms with Crippen LogP contribution in [-0.4, -0.2) is 37.7 Å². The molecule has 7 heteroatoms. The lowest BCUT2D eigenvalue weighted by Crippen LogP contribution is -2.34. The highest BCUT2D eigenvalue weighted by atomic mass is 19.4. The predicted octanol–water partition coefficient (Wildman–Crippen LogP) is 6.07. The third-order valence-electron chi connectivity index (χ3n) is 6.12. The summed E-state index contributed by atoms with van der Waals surface area (Å²) in [6, 6.07) is 20.6. The lowest BCUT2D eigenvalue weighted by molar-refractivity contribution is -0.138. The molecule has 0 radical (unpaired) electrons. The van der Waals surface area contributed by atoms with Gasteiger partial charge in [0.25, 0.3) is 0 Å². The van der Waals surface area contributed by atoms with Crippen molar-refractivity contribution in [2.75, 3.05) is 32.8 Å². The standard InChI is InChI=1S/C28H31F3N2O2/c1-2-34-26-19-22(13-14-25(26)35-20-21-9-4-3-5-10-21)27(33-17-8-15-32-16-18-33)23-11-6-7-12-24(23)28(29,30)31/h3-7,9-14,19,27,32H,2,8,15-18,20H2,1H3. The lowest BCUT2D eigenvalue weighted by atomic mass is 9.92. The molecular weight excluding hydrogens is 453 g/mol. The van der Waals surface area contributed by atoms with Gasteiger partial charge in [-0.3, -0.25) is 4.90 Å². The Hall–Kier alpha value is -3.03. The Labute approximate surface area is 204 Å². The van der Waals surface area contributed by atoms with E-state index < -0.39 is 17.8 Å². The highest BCUT2D eigenvalue weighted by Crippen LogP contribution is 2.41. The molecule has 0 bridgehead atoms. The molecule has 1 unspecified atom stereocenters. The van der Waals surface area contributed by atoms with E-state index in [2.05, 4.69) is 10.2 Å². The second-order valence-electron chi connectivity index (χ2n) is 8.54. The number of halogens is 3.